The normalized spacial score (nSPS) is 16.9. The summed E-state index contributed by atoms with van der Waals surface area (Å²) in [4.78, 5) is 27.5. The maximum atomic E-state index is 13.9. The number of benzene rings is 3. The predicted molar refractivity (Wildman–Crippen MR) is 122 cm³/mol. The van der Waals surface area contributed by atoms with E-state index in [1.807, 2.05) is 0 Å². The van der Waals surface area contributed by atoms with Crippen molar-refractivity contribution >= 4 is 17.5 Å². The Morgan fingerprint density at radius 2 is 1.56 bits per heavy atom. The summed E-state index contributed by atoms with van der Waals surface area (Å²) in [7, 11) is 0. The molecule has 10 heteroatoms. The number of nitrogens with zero attached hydrogens (tertiary/aromatic N) is 1. The summed E-state index contributed by atoms with van der Waals surface area (Å²) in [6.07, 6.45) is 0.293. The Morgan fingerprint density at radius 1 is 0.944 bits per heavy atom. The summed E-state index contributed by atoms with van der Waals surface area (Å²) in [6, 6.07) is 8.43. The van der Waals surface area contributed by atoms with E-state index in [1.54, 1.807) is 13.0 Å². The Bertz CT molecular complexity index is 1320. The molecule has 1 heterocycles. The van der Waals surface area contributed by atoms with Crippen LogP contribution in [-0.4, -0.2) is 18.4 Å². The van der Waals surface area contributed by atoms with Crippen molar-refractivity contribution in [3.8, 4) is 0 Å². The van der Waals surface area contributed by atoms with Crippen LogP contribution in [0.25, 0.3) is 0 Å². The average molecular weight is 503 g/mol. The fraction of sp³-hybridized carbons (Fsp3) is 0.231. The predicted octanol–water partition coefficient (Wildman–Crippen LogP) is 4.47. The quantitative estimate of drug-likeness (QED) is 0.468. The molecule has 0 spiro atoms. The summed E-state index contributed by atoms with van der Waals surface area (Å²) in [5, 5.41) is 2.38. The van der Waals surface area contributed by atoms with E-state index in [0.717, 1.165) is 18.2 Å². The van der Waals surface area contributed by atoms with Gasteiger partial charge in [-0.25, -0.2) is 22.0 Å². The molecule has 1 atom stereocenters. The SMILES string of the molecule is CC1(CCN)C(=O)N(Cc2cc(F)cc(F)c2)c2cc(C(=O)NCc3c(F)cc(F)cc3F)ccc21. The van der Waals surface area contributed by atoms with Crippen LogP contribution in [0.15, 0.2) is 48.5 Å². The van der Waals surface area contributed by atoms with Gasteiger partial charge in [-0.05, 0) is 55.3 Å². The number of carbonyl (C=O) groups is 2. The zero-order valence-corrected chi connectivity index (χ0v) is 19.2. The molecule has 188 valence electrons. The van der Waals surface area contributed by atoms with Crippen molar-refractivity contribution in [2.45, 2.75) is 31.8 Å². The second-order valence-corrected chi connectivity index (χ2v) is 8.80. The van der Waals surface area contributed by atoms with Crippen molar-refractivity contribution in [3.05, 3.63) is 99.9 Å². The molecule has 0 radical (unpaired) electrons. The maximum absolute atomic E-state index is 13.9. The van der Waals surface area contributed by atoms with Gasteiger partial charge in [-0.3, -0.25) is 9.59 Å². The molecule has 5 nitrogen and oxygen atoms in total. The molecule has 3 N–H and O–H groups in total. The van der Waals surface area contributed by atoms with E-state index < -0.39 is 52.5 Å². The lowest BCUT2D eigenvalue weighted by atomic mass is 9.80. The van der Waals surface area contributed by atoms with E-state index in [-0.39, 0.29) is 30.1 Å². The Kier molecular flexibility index (Phi) is 6.81. The van der Waals surface area contributed by atoms with Crippen molar-refractivity contribution in [2.75, 3.05) is 11.4 Å². The van der Waals surface area contributed by atoms with Crippen LogP contribution in [-0.2, 0) is 23.3 Å². The van der Waals surface area contributed by atoms with E-state index in [1.165, 1.54) is 17.0 Å². The number of halogens is 5. The number of nitrogens with one attached hydrogen (secondary N) is 1. The van der Waals surface area contributed by atoms with Crippen molar-refractivity contribution in [1.29, 1.82) is 0 Å². The number of nitrogens with two attached hydrogens (primary N) is 1. The van der Waals surface area contributed by atoms with Gasteiger partial charge < -0.3 is 16.0 Å². The lowest BCUT2D eigenvalue weighted by Gasteiger charge is -2.24. The molecule has 0 aliphatic carbocycles. The van der Waals surface area contributed by atoms with Gasteiger partial charge in [0, 0.05) is 41.6 Å². The Labute approximate surface area is 203 Å². The first-order valence-corrected chi connectivity index (χ1v) is 11.1. The van der Waals surface area contributed by atoms with Gasteiger partial charge in [0.15, 0.2) is 0 Å². The number of hydrogen-bond donors (Lipinski definition) is 2. The summed E-state index contributed by atoms with van der Waals surface area (Å²) < 4.78 is 68.5. The van der Waals surface area contributed by atoms with Gasteiger partial charge in [-0.2, -0.15) is 0 Å². The summed E-state index contributed by atoms with van der Waals surface area (Å²) >= 11 is 0. The minimum Gasteiger partial charge on any atom is -0.348 e. The van der Waals surface area contributed by atoms with Gasteiger partial charge in [0.2, 0.25) is 5.91 Å². The smallest absolute Gasteiger partial charge is 0.251 e. The number of anilines is 1. The van der Waals surface area contributed by atoms with Crippen LogP contribution in [0.5, 0.6) is 0 Å². The standard InChI is InChI=1S/C26H22F5N3O2/c1-26(4-5-32)20-3-2-15(24(35)33-12-19-21(30)10-18(29)11-22(19)31)8-23(20)34(25(26)36)13-14-6-16(27)9-17(28)7-14/h2-3,6-11H,4-5,12-13,32H2,1H3,(H,33,35). The minimum atomic E-state index is -1.14. The highest BCUT2D eigenvalue weighted by Crippen LogP contribution is 2.45. The lowest BCUT2D eigenvalue weighted by Crippen LogP contribution is -2.39. The number of rotatable bonds is 7. The first-order chi connectivity index (χ1) is 17.0. The number of carbonyl (C=O) groups excluding carboxylic acids is 2. The molecule has 3 aromatic rings. The van der Waals surface area contributed by atoms with E-state index in [0.29, 0.717) is 29.8 Å². The van der Waals surface area contributed by atoms with E-state index in [9.17, 15) is 31.5 Å². The number of amides is 2. The third-order valence-corrected chi connectivity index (χ3v) is 6.30. The topological polar surface area (TPSA) is 75.4 Å². The van der Waals surface area contributed by atoms with Crippen LogP contribution in [0.1, 0.15) is 40.4 Å². The largest absolute Gasteiger partial charge is 0.348 e. The molecule has 0 saturated heterocycles. The lowest BCUT2D eigenvalue weighted by molar-refractivity contribution is -0.122. The van der Waals surface area contributed by atoms with E-state index in [4.69, 9.17) is 5.73 Å². The monoisotopic (exact) mass is 503 g/mol. The molecule has 1 aliphatic rings. The highest BCUT2D eigenvalue weighted by atomic mass is 19.2. The first kappa shape index (κ1) is 25.3. The van der Waals surface area contributed by atoms with Crippen LogP contribution in [0.3, 0.4) is 0 Å². The van der Waals surface area contributed by atoms with Crippen molar-refractivity contribution in [1.82, 2.24) is 5.32 Å². The number of fused-ring (bicyclic) bond motifs is 1. The van der Waals surface area contributed by atoms with Crippen LogP contribution in [0.2, 0.25) is 0 Å². The molecule has 3 aromatic carbocycles. The maximum Gasteiger partial charge on any atom is 0.251 e. The molecular formula is C26H22F5N3O2. The summed E-state index contributed by atoms with van der Waals surface area (Å²) in [5.74, 6) is -6.00. The van der Waals surface area contributed by atoms with Crippen LogP contribution in [0, 0.1) is 29.1 Å². The summed E-state index contributed by atoms with van der Waals surface area (Å²) in [5.41, 5.74) is 5.44. The van der Waals surface area contributed by atoms with Gasteiger partial charge in [-0.1, -0.05) is 6.07 Å². The minimum absolute atomic E-state index is 0.0805. The highest BCUT2D eigenvalue weighted by Gasteiger charge is 2.47. The van der Waals surface area contributed by atoms with Gasteiger partial charge >= 0.3 is 0 Å². The second-order valence-electron chi connectivity index (χ2n) is 8.80. The molecule has 2 amide bonds. The average Bonchev–Trinajstić information content (AvgIpc) is 2.99. The van der Waals surface area contributed by atoms with E-state index >= 15 is 0 Å². The van der Waals surface area contributed by atoms with Crippen molar-refractivity contribution in [3.63, 3.8) is 0 Å². The Balaban J connectivity index is 1.65. The second kappa shape index (κ2) is 9.69. The molecule has 0 bridgehead atoms. The fourth-order valence-electron chi connectivity index (χ4n) is 4.47. The van der Waals surface area contributed by atoms with Crippen LogP contribution in [0.4, 0.5) is 27.6 Å². The molecule has 1 aliphatic heterocycles. The summed E-state index contributed by atoms with van der Waals surface area (Å²) in [6.45, 7) is 1.20. The van der Waals surface area contributed by atoms with Gasteiger partial charge in [0.05, 0.1) is 12.0 Å². The fourth-order valence-corrected chi connectivity index (χ4v) is 4.47. The first-order valence-electron chi connectivity index (χ1n) is 11.1. The van der Waals surface area contributed by atoms with Crippen molar-refractivity contribution in [2.24, 2.45) is 5.73 Å². The number of hydrogen-bond acceptors (Lipinski definition) is 3. The molecule has 4 rings (SSSR count). The third-order valence-electron chi connectivity index (χ3n) is 6.30. The zero-order valence-electron chi connectivity index (χ0n) is 19.2. The third kappa shape index (κ3) is 4.68. The Morgan fingerprint density at radius 3 is 2.17 bits per heavy atom. The molecule has 0 aromatic heterocycles. The molecule has 1 unspecified atom stereocenters. The molecule has 0 saturated carbocycles. The van der Waals surface area contributed by atoms with Crippen LogP contribution < -0.4 is 16.0 Å². The van der Waals surface area contributed by atoms with Gasteiger partial charge in [0.1, 0.15) is 29.1 Å². The molecule has 36 heavy (non-hydrogen) atoms. The van der Waals surface area contributed by atoms with Gasteiger partial charge in [0.25, 0.3) is 5.91 Å². The molecular weight excluding hydrogens is 481 g/mol. The Hall–Kier alpha value is -3.79. The molecule has 0 fully saturated rings. The highest BCUT2D eigenvalue weighted by molar-refractivity contribution is 6.09. The van der Waals surface area contributed by atoms with Crippen LogP contribution >= 0.6 is 0 Å². The van der Waals surface area contributed by atoms with Crippen molar-refractivity contribution < 1.29 is 31.5 Å². The van der Waals surface area contributed by atoms with Gasteiger partial charge in [-0.15, -0.1) is 0 Å². The zero-order chi connectivity index (χ0) is 26.2. The van der Waals surface area contributed by atoms with E-state index in [2.05, 4.69) is 5.32 Å².